The van der Waals surface area contributed by atoms with E-state index < -0.39 is 0 Å². The van der Waals surface area contributed by atoms with Crippen molar-refractivity contribution in [2.45, 2.75) is 0 Å². The van der Waals surface area contributed by atoms with Gasteiger partial charge in [-0.1, -0.05) is 6.07 Å². The summed E-state index contributed by atoms with van der Waals surface area (Å²) in [6.45, 7) is 0. The lowest BCUT2D eigenvalue weighted by Gasteiger charge is -2.02. The Bertz CT molecular complexity index is 750. The van der Waals surface area contributed by atoms with Gasteiger partial charge in [-0.2, -0.15) is 5.26 Å². The second kappa shape index (κ2) is 3.53. The van der Waals surface area contributed by atoms with Crippen molar-refractivity contribution < 1.29 is 9.15 Å². The van der Waals surface area contributed by atoms with Crippen LogP contribution in [0.5, 0.6) is 5.75 Å². The highest BCUT2D eigenvalue weighted by molar-refractivity contribution is 6.06. The van der Waals surface area contributed by atoms with Crippen LogP contribution in [0, 0.1) is 11.3 Å². The SMILES string of the molecule is COc1ccc2c(ccc3oc(C#N)cc32)c1. The van der Waals surface area contributed by atoms with Crippen molar-refractivity contribution in [2.24, 2.45) is 0 Å². The molecule has 1 heterocycles. The van der Waals surface area contributed by atoms with Gasteiger partial charge in [-0.05, 0) is 35.0 Å². The van der Waals surface area contributed by atoms with Crippen molar-refractivity contribution in [1.82, 2.24) is 0 Å². The average Bonchev–Trinajstić information content (AvgIpc) is 2.81. The normalized spacial score (nSPS) is 10.6. The molecule has 0 saturated carbocycles. The molecule has 0 aliphatic carbocycles. The zero-order chi connectivity index (χ0) is 11.8. The topological polar surface area (TPSA) is 46.2 Å². The van der Waals surface area contributed by atoms with Gasteiger partial charge in [0, 0.05) is 11.5 Å². The van der Waals surface area contributed by atoms with Crippen LogP contribution in [0.2, 0.25) is 0 Å². The smallest absolute Gasteiger partial charge is 0.204 e. The molecule has 1 aromatic heterocycles. The van der Waals surface area contributed by atoms with E-state index in [1.165, 1.54) is 0 Å². The Balaban J connectivity index is 2.39. The maximum atomic E-state index is 8.83. The standard InChI is InChI=1S/C14H9NO2/c1-16-10-3-4-12-9(6-10)2-5-14-13(12)7-11(8-15)17-14/h2-7H,1H3. The quantitative estimate of drug-likeness (QED) is 0.634. The average molecular weight is 223 g/mol. The molecule has 17 heavy (non-hydrogen) atoms. The minimum atomic E-state index is 0.336. The largest absolute Gasteiger partial charge is 0.497 e. The van der Waals surface area contributed by atoms with Gasteiger partial charge < -0.3 is 9.15 Å². The zero-order valence-electron chi connectivity index (χ0n) is 9.23. The number of benzene rings is 2. The fraction of sp³-hybridized carbons (Fsp3) is 0.0714. The number of hydrogen-bond acceptors (Lipinski definition) is 3. The van der Waals surface area contributed by atoms with Gasteiger partial charge in [0.15, 0.2) is 0 Å². The van der Waals surface area contributed by atoms with E-state index in [-0.39, 0.29) is 0 Å². The minimum absolute atomic E-state index is 0.336. The van der Waals surface area contributed by atoms with Crippen LogP contribution in [0.4, 0.5) is 0 Å². The van der Waals surface area contributed by atoms with E-state index in [1.54, 1.807) is 13.2 Å². The summed E-state index contributed by atoms with van der Waals surface area (Å²) < 4.78 is 10.6. The number of hydrogen-bond donors (Lipinski definition) is 0. The molecule has 0 aliphatic heterocycles. The first-order valence-electron chi connectivity index (χ1n) is 5.22. The molecule has 0 spiro atoms. The molecule has 0 fully saturated rings. The molecular weight excluding hydrogens is 214 g/mol. The van der Waals surface area contributed by atoms with E-state index in [2.05, 4.69) is 0 Å². The molecule has 0 saturated heterocycles. The van der Waals surface area contributed by atoms with Crippen LogP contribution < -0.4 is 4.74 Å². The Kier molecular flexibility index (Phi) is 2.02. The molecule has 3 nitrogen and oxygen atoms in total. The molecule has 0 bridgehead atoms. The van der Waals surface area contributed by atoms with Gasteiger partial charge in [-0.3, -0.25) is 0 Å². The lowest BCUT2D eigenvalue weighted by atomic mass is 10.1. The molecule has 2 aromatic carbocycles. The molecule has 0 atom stereocenters. The highest BCUT2D eigenvalue weighted by Crippen LogP contribution is 2.30. The Morgan fingerprint density at radius 3 is 2.76 bits per heavy atom. The Labute approximate surface area is 97.8 Å². The first kappa shape index (κ1) is 9.73. The number of methoxy groups -OCH3 is 1. The molecule has 0 aliphatic rings. The van der Waals surface area contributed by atoms with Gasteiger partial charge in [0.2, 0.25) is 5.76 Å². The summed E-state index contributed by atoms with van der Waals surface area (Å²) in [6, 6.07) is 13.5. The Morgan fingerprint density at radius 2 is 2.00 bits per heavy atom. The van der Waals surface area contributed by atoms with Crippen molar-refractivity contribution in [3.63, 3.8) is 0 Å². The molecule has 0 radical (unpaired) electrons. The number of nitriles is 1. The Morgan fingerprint density at radius 1 is 1.12 bits per heavy atom. The van der Waals surface area contributed by atoms with Crippen LogP contribution in [0.1, 0.15) is 5.76 Å². The van der Waals surface area contributed by atoms with Crippen LogP contribution >= 0.6 is 0 Å². The van der Waals surface area contributed by atoms with E-state index in [9.17, 15) is 0 Å². The van der Waals surface area contributed by atoms with Crippen molar-refractivity contribution in [3.05, 3.63) is 42.2 Å². The number of furan rings is 1. The summed E-state index contributed by atoms with van der Waals surface area (Å²) in [4.78, 5) is 0. The Hall–Kier alpha value is -2.47. The first-order valence-corrected chi connectivity index (χ1v) is 5.22. The predicted molar refractivity (Wildman–Crippen MR) is 65.0 cm³/mol. The fourth-order valence-electron chi connectivity index (χ4n) is 2.01. The van der Waals surface area contributed by atoms with Gasteiger partial charge in [-0.25, -0.2) is 0 Å². The fourth-order valence-corrected chi connectivity index (χ4v) is 2.01. The van der Waals surface area contributed by atoms with Gasteiger partial charge >= 0.3 is 0 Å². The second-order valence-corrected chi connectivity index (χ2v) is 3.79. The van der Waals surface area contributed by atoms with Gasteiger partial charge in [-0.15, -0.1) is 0 Å². The van der Waals surface area contributed by atoms with E-state index in [0.717, 1.165) is 27.5 Å². The van der Waals surface area contributed by atoms with E-state index >= 15 is 0 Å². The third-order valence-electron chi connectivity index (χ3n) is 2.83. The zero-order valence-corrected chi connectivity index (χ0v) is 9.23. The summed E-state index contributed by atoms with van der Waals surface area (Å²) in [5, 5.41) is 11.9. The van der Waals surface area contributed by atoms with Crippen LogP contribution in [0.3, 0.4) is 0 Å². The van der Waals surface area contributed by atoms with Gasteiger partial charge in [0.25, 0.3) is 0 Å². The van der Waals surface area contributed by atoms with Crippen LogP contribution in [0.15, 0.2) is 40.8 Å². The van der Waals surface area contributed by atoms with Crippen molar-refractivity contribution in [3.8, 4) is 11.8 Å². The first-order chi connectivity index (χ1) is 8.31. The second-order valence-electron chi connectivity index (χ2n) is 3.79. The predicted octanol–water partition coefficient (Wildman–Crippen LogP) is 3.47. The molecule has 3 aromatic rings. The number of ether oxygens (including phenoxy) is 1. The maximum absolute atomic E-state index is 8.83. The molecule has 3 rings (SSSR count). The van der Waals surface area contributed by atoms with Gasteiger partial charge in [0.05, 0.1) is 7.11 Å². The van der Waals surface area contributed by atoms with E-state index in [1.807, 2.05) is 36.4 Å². The summed E-state index contributed by atoms with van der Waals surface area (Å²) in [6.07, 6.45) is 0. The summed E-state index contributed by atoms with van der Waals surface area (Å²) >= 11 is 0. The number of rotatable bonds is 1. The number of fused-ring (bicyclic) bond motifs is 3. The third kappa shape index (κ3) is 1.42. The lowest BCUT2D eigenvalue weighted by molar-refractivity contribution is 0.415. The van der Waals surface area contributed by atoms with Crippen LogP contribution in [-0.2, 0) is 0 Å². The molecule has 82 valence electrons. The molecule has 0 N–H and O–H groups in total. The van der Waals surface area contributed by atoms with E-state index in [0.29, 0.717) is 5.76 Å². The maximum Gasteiger partial charge on any atom is 0.204 e. The molecule has 0 amide bonds. The molecule has 0 unspecified atom stereocenters. The highest BCUT2D eigenvalue weighted by Gasteiger charge is 2.07. The third-order valence-corrected chi connectivity index (χ3v) is 2.83. The summed E-state index contributed by atoms with van der Waals surface area (Å²) in [7, 11) is 1.64. The minimum Gasteiger partial charge on any atom is -0.497 e. The van der Waals surface area contributed by atoms with E-state index in [4.69, 9.17) is 14.4 Å². The van der Waals surface area contributed by atoms with Crippen molar-refractivity contribution in [1.29, 1.82) is 5.26 Å². The van der Waals surface area contributed by atoms with Crippen molar-refractivity contribution >= 4 is 21.7 Å². The molecular formula is C14H9NO2. The lowest BCUT2D eigenvalue weighted by Crippen LogP contribution is -1.82. The highest BCUT2D eigenvalue weighted by atomic mass is 16.5. The monoisotopic (exact) mass is 223 g/mol. The van der Waals surface area contributed by atoms with Crippen LogP contribution in [-0.4, -0.2) is 7.11 Å². The summed E-state index contributed by atoms with van der Waals surface area (Å²) in [5.74, 6) is 1.16. The summed E-state index contributed by atoms with van der Waals surface area (Å²) in [5.41, 5.74) is 0.735. The van der Waals surface area contributed by atoms with Crippen molar-refractivity contribution in [2.75, 3.05) is 7.11 Å². The molecule has 3 heteroatoms. The van der Waals surface area contributed by atoms with Crippen LogP contribution in [0.25, 0.3) is 21.7 Å². The van der Waals surface area contributed by atoms with Gasteiger partial charge in [0.1, 0.15) is 17.4 Å². The number of nitrogens with zero attached hydrogens (tertiary/aromatic N) is 1.